The summed E-state index contributed by atoms with van der Waals surface area (Å²) in [6, 6.07) is 0. The van der Waals surface area contributed by atoms with Gasteiger partial charge in [-0.05, 0) is 18.7 Å². The third kappa shape index (κ3) is 4.94. The van der Waals surface area contributed by atoms with Gasteiger partial charge < -0.3 is 4.74 Å². The van der Waals surface area contributed by atoms with E-state index in [0.717, 1.165) is 14.0 Å². The van der Waals surface area contributed by atoms with Gasteiger partial charge in [-0.3, -0.25) is 4.79 Å². The molecule has 66 valence electrons. The van der Waals surface area contributed by atoms with Crippen LogP contribution in [0.3, 0.4) is 0 Å². The van der Waals surface area contributed by atoms with Crippen LogP contribution in [-0.4, -0.2) is 23.8 Å². The molecule has 0 aromatic rings. The van der Waals surface area contributed by atoms with Crippen molar-refractivity contribution in [3.63, 3.8) is 0 Å². The first kappa shape index (κ1) is 10.6. The van der Waals surface area contributed by atoms with Crippen molar-refractivity contribution in [1.82, 2.24) is 0 Å². The first-order valence-electron chi connectivity index (χ1n) is 2.69. The van der Waals surface area contributed by atoms with E-state index in [-0.39, 0.29) is 11.8 Å². The normalized spacial score (nSPS) is 14.3. The Bertz CT molecular complexity index is 145. The molecule has 1 unspecified atom stereocenters. The Morgan fingerprint density at radius 2 is 2.00 bits per heavy atom. The molecule has 0 heterocycles. The van der Waals surface area contributed by atoms with Crippen molar-refractivity contribution < 1.29 is 22.7 Å². The molecule has 0 aliphatic heterocycles. The van der Waals surface area contributed by atoms with Crippen molar-refractivity contribution in [2.24, 2.45) is 0 Å². The van der Waals surface area contributed by atoms with Crippen LogP contribution in [0.25, 0.3) is 0 Å². The fourth-order valence-corrected chi connectivity index (χ4v) is 1.01. The summed E-state index contributed by atoms with van der Waals surface area (Å²) in [5.74, 6) is -0.868. The fourth-order valence-electron chi connectivity index (χ4n) is 0.415. The van der Waals surface area contributed by atoms with Gasteiger partial charge in [0.1, 0.15) is 5.25 Å². The fraction of sp³-hybridized carbons (Fsp3) is 0.800. The number of halogens is 3. The van der Waals surface area contributed by atoms with Crippen LogP contribution < -0.4 is 0 Å². The molecule has 0 amide bonds. The standard InChI is InChI=1S/C5H7F3O2S/c1-3(4(9)10-2)11-5(6,7)8/h3H,1-2H3. The van der Waals surface area contributed by atoms with Crippen LogP contribution in [0.15, 0.2) is 0 Å². The van der Waals surface area contributed by atoms with E-state index in [9.17, 15) is 18.0 Å². The van der Waals surface area contributed by atoms with Gasteiger partial charge in [-0.2, -0.15) is 13.2 Å². The van der Waals surface area contributed by atoms with Gasteiger partial charge in [0.2, 0.25) is 0 Å². The minimum absolute atomic E-state index is 0.385. The molecular weight excluding hydrogens is 181 g/mol. The van der Waals surface area contributed by atoms with Crippen molar-refractivity contribution in [3.8, 4) is 0 Å². The SMILES string of the molecule is COC(=O)C(C)SC(F)(F)F. The Labute approximate surface area is 66.1 Å². The molecule has 0 aromatic carbocycles. The van der Waals surface area contributed by atoms with Gasteiger partial charge in [-0.1, -0.05) is 0 Å². The summed E-state index contributed by atoms with van der Waals surface area (Å²) < 4.78 is 38.8. The second kappa shape index (κ2) is 3.85. The molecule has 11 heavy (non-hydrogen) atoms. The lowest BCUT2D eigenvalue weighted by Crippen LogP contribution is -2.19. The molecule has 0 bridgehead atoms. The Balaban J connectivity index is 3.87. The summed E-state index contributed by atoms with van der Waals surface area (Å²) in [6.45, 7) is 1.14. The number of rotatable bonds is 2. The highest BCUT2D eigenvalue weighted by molar-refractivity contribution is 8.01. The summed E-state index contributed by atoms with van der Waals surface area (Å²) in [5, 5.41) is -1.19. The first-order valence-corrected chi connectivity index (χ1v) is 3.57. The molecule has 0 N–H and O–H groups in total. The van der Waals surface area contributed by atoms with E-state index < -0.39 is 16.7 Å². The molecule has 2 nitrogen and oxygen atoms in total. The maximum Gasteiger partial charge on any atom is 0.442 e. The predicted molar refractivity (Wildman–Crippen MR) is 35.1 cm³/mol. The van der Waals surface area contributed by atoms with Crippen LogP contribution in [0.1, 0.15) is 6.92 Å². The number of carbonyl (C=O) groups is 1. The number of thioether (sulfide) groups is 1. The third-order valence-electron chi connectivity index (χ3n) is 0.844. The van der Waals surface area contributed by atoms with E-state index in [1.165, 1.54) is 0 Å². The lowest BCUT2D eigenvalue weighted by atomic mass is 10.5. The molecule has 6 heteroatoms. The largest absolute Gasteiger partial charge is 0.468 e. The number of esters is 1. The summed E-state index contributed by atoms with van der Waals surface area (Å²) in [7, 11) is 1.05. The maximum atomic E-state index is 11.6. The topological polar surface area (TPSA) is 26.3 Å². The van der Waals surface area contributed by atoms with Gasteiger partial charge in [-0.15, -0.1) is 0 Å². The van der Waals surface area contributed by atoms with Gasteiger partial charge >= 0.3 is 11.5 Å². The van der Waals surface area contributed by atoms with E-state index >= 15 is 0 Å². The Morgan fingerprint density at radius 1 is 1.55 bits per heavy atom. The van der Waals surface area contributed by atoms with Crippen LogP contribution in [-0.2, 0) is 9.53 Å². The zero-order chi connectivity index (χ0) is 9.07. The average molecular weight is 188 g/mol. The van der Waals surface area contributed by atoms with E-state index in [0.29, 0.717) is 0 Å². The molecule has 0 radical (unpaired) electrons. The van der Waals surface area contributed by atoms with E-state index in [1.54, 1.807) is 0 Å². The number of carbonyl (C=O) groups excluding carboxylic acids is 1. The Kier molecular flexibility index (Phi) is 3.71. The smallest absolute Gasteiger partial charge is 0.442 e. The van der Waals surface area contributed by atoms with Crippen molar-refractivity contribution in [1.29, 1.82) is 0 Å². The molecule has 0 spiro atoms. The maximum absolute atomic E-state index is 11.6. The van der Waals surface area contributed by atoms with Gasteiger partial charge in [0.25, 0.3) is 0 Å². The molecule has 0 saturated carbocycles. The average Bonchev–Trinajstić information content (AvgIpc) is 1.82. The molecule has 0 aromatic heterocycles. The molecule has 1 atom stereocenters. The lowest BCUT2D eigenvalue weighted by molar-refractivity contribution is -0.139. The van der Waals surface area contributed by atoms with Crippen molar-refractivity contribution in [3.05, 3.63) is 0 Å². The molecular formula is C5H7F3O2S. The van der Waals surface area contributed by atoms with Gasteiger partial charge in [0, 0.05) is 0 Å². The molecule has 0 aliphatic rings. The zero-order valence-corrected chi connectivity index (χ0v) is 6.75. The Morgan fingerprint density at radius 3 is 2.27 bits per heavy atom. The summed E-state index contributed by atoms with van der Waals surface area (Å²) in [4.78, 5) is 10.4. The lowest BCUT2D eigenvalue weighted by Gasteiger charge is -2.10. The van der Waals surface area contributed by atoms with Crippen LogP contribution in [0.2, 0.25) is 0 Å². The highest BCUT2D eigenvalue weighted by atomic mass is 32.2. The summed E-state index contributed by atoms with van der Waals surface area (Å²) in [5.41, 5.74) is -4.38. The van der Waals surface area contributed by atoms with Crippen molar-refractivity contribution in [2.75, 3.05) is 7.11 Å². The van der Waals surface area contributed by atoms with Crippen LogP contribution >= 0.6 is 11.8 Å². The molecule has 0 aliphatic carbocycles. The van der Waals surface area contributed by atoms with E-state index in [2.05, 4.69) is 4.74 Å². The molecule has 0 fully saturated rings. The van der Waals surface area contributed by atoms with Crippen LogP contribution in [0, 0.1) is 0 Å². The molecule has 0 saturated heterocycles. The second-order valence-electron chi connectivity index (χ2n) is 1.73. The number of hydrogen-bond acceptors (Lipinski definition) is 3. The van der Waals surface area contributed by atoms with Gasteiger partial charge in [0.15, 0.2) is 0 Å². The number of alkyl halides is 3. The molecule has 0 rings (SSSR count). The van der Waals surface area contributed by atoms with Crippen molar-refractivity contribution >= 4 is 17.7 Å². The summed E-state index contributed by atoms with van der Waals surface area (Å²) in [6.07, 6.45) is 0. The minimum atomic E-state index is -4.38. The zero-order valence-electron chi connectivity index (χ0n) is 5.94. The van der Waals surface area contributed by atoms with Crippen LogP contribution in [0.4, 0.5) is 13.2 Å². The first-order chi connectivity index (χ1) is 4.87. The van der Waals surface area contributed by atoms with Crippen LogP contribution in [0.5, 0.6) is 0 Å². The van der Waals surface area contributed by atoms with Gasteiger partial charge in [-0.25, -0.2) is 0 Å². The predicted octanol–water partition coefficient (Wildman–Crippen LogP) is 1.80. The second-order valence-corrected chi connectivity index (χ2v) is 3.13. The number of methoxy groups -OCH3 is 1. The van der Waals surface area contributed by atoms with E-state index in [1.807, 2.05) is 0 Å². The highest BCUT2D eigenvalue weighted by Crippen LogP contribution is 2.33. The van der Waals surface area contributed by atoms with E-state index in [4.69, 9.17) is 0 Å². The summed E-state index contributed by atoms with van der Waals surface area (Å²) >= 11 is -0.385. The Hall–Kier alpha value is -0.390. The third-order valence-corrected chi connectivity index (χ3v) is 1.66. The number of ether oxygens (including phenoxy) is 1. The minimum Gasteiger partial charge on any atom is -0.468 e. The van der Waals surface area contributed by atoms with Crippen molar-refractivity contribution in [2.45, 2.75) is 17.7 Å². The van der Waals surface area contributed by atoms with Gasteiger partial charge in [0.05, 0.1) is 7.11 Å². The number of hydrogen-bond donors (Lipinski definition) is 0. The quantitative estimate of drug-likeness (QED) is 0.618. The monoisotopic (exact) mass is 188 g/mol. The highest BCUT2D eigenvalue weighted by Gasteiger charge is 2.34.